The van der Waals surface area contributed by atoms with Crippen molar-refractivity contribution in [2.75, 3.05) is 13.7 Å². The highest BCUT2D eigenvalue weighted by atomic mass is 16.5. The van der Waals surface area contributed by atoms with Gasteiger partial charge in [-0.1, -0.05) is 30.3 Å². The van der Waals surface area contributed by atoms with E-state index in [2.05, 4.69) is 43.0 Å². The lowest BCUT2D eigenvalue weighted by Crippen LogP contribution is -2.35. The van der Waals surface area contributed by atoms with Gasteiger partial charge in [-0.15, -0.1) is 0 Å². The molecule has 0 unspecified atom stereocenters. The van der Waals surface area contributed by atoms with E-state index in [9.17, 15) is 4.79 Å². The lowest BCUT2D eigenvalue weighted by molar-refractivity contribution is -0.146. The molecule has 1 fully saturated rings. The molecule has 98 valence electrons. The van der Waals surface area contributed by atoms with Crippen molar-refractivity contribution in [3.8, 4) is 0 Å². The Labute approximate surface area is 109 Å². The third kappa shape index (κ3) is 2.41. The van der Waals surface area contributed by atoms with E-state index in [0.29, 0.717) is 6.04 Å². The van der Waals surface area contributed by atoms with E-state index in [1.807, 2.05) is 6.07 Å². The van der Waals surface area contributed by atoms with Crippen LogP contribution in [-0.4, -0.2) is 30.6 Å². The Morgan fingerprint density at radius 3 is 2.67 bits per heavy atom. The van der Waals surface area contributed by atoms with Crippen molar-refractivity contribution in [2.45, 2.75) is 32.4 Å². The minimum Gasteiger partial charge on any atom is -0.469 e. The number of hydrogen-bond acceptors (Lipinski definition) is 3. The fourth-order valence-electron chi connectivity index (χ4n) is 2.90. The highest BCUT2D eigenvalue weighted by molar-refractivity contribution is 5.73. The van der Waals surface area contributed by atoms with Crippen molar-refractivity contribution in [2.24, 2.45) is 5.92 Å². The van der Waals surface area contributed by atoms with Gasteiger partial charge in [-0.25, -0.2) is 0 Å². The summed E-state index contributed by atoms with van der Waals surface area (Å²) >= 11 is 0. The van der Waals surface area contributed by atoms with Crippen molar-refractivity contribution >= 4 is 5.97 Å². The van der Waals surface area contributed by atoms with E-state index in [1.165, 1.54) is 12.7 Å². The molecule has 18 heavy (non-hydrogen) atoms. The highest BCUT2D eigenvalue weighted by Crippen LogP contribution is 2.32. The molecule has 0 amide bonds. The van der Waals surface area contributed by atoms with Gasteiger partial charge in [0.05, 0.1) is 13.0 Å². The zero-order valence-corrected chi connectivity index (χ0v) is 11.3. The fourth-order valence-corrected chi connectivity index (χ4v) is 2.90. The number of nitrogens with zero attached hydrogens (tertiary/aromatic N) is 1. The largest absolute Gasteiger partial charge is 0.469 e. The van der Waals surface area contributed by atoms with Crippen LogP contribution in [0.3, 0.4) is 0 Å². The zero-order valence-electron chi connectivity index (χ0n) is 11.3. The number of likely N-dealkylation sites (tertiary alicyclic amines) is 1. The summed E-state index contributed by atoms with van der Waals surface area (Å²) in [6.07, 6.45) is 0.894. The fraction of sp³-hybridized carbons (Fsp3) is 0.533. The second kappa shape index (κ2) is 5.53. The Balaban J connectivity index is 2.09. The molecule has 3 heteroatoms. The second-order valence-electron chi connectivity index (χ2n) is 4.98. The van der Waals surface area contributed by atoms with Crippen LogP contribution in [0.5, 0.6) is 0 Å². The standard InChI is InChI=1S/C15H21NO2/c1-11(13-7-5-4-6-8-13)16-10-9-14(12(16)2)15(17)18-3/h4-8,11-12,14H,9-10H2,1-3H3/t11-,12-,14+/m1/s1. The van der Waals surface area contributed by atoms with E-state index >= 15 is 0 Å². The molecule has 1 heterocycles. The average Bonchev–Trinajstić information content (AvgIpc) is 2.80. The average molecular weight is 247 g/mol. The predicted octanol–water partition coefficient (Wildman–Crippen LogP) is 2.63. The molecule has 3 nitrogen and oxygen atoms in total. The Bertz CT molecular complexity index is 404. The number of carbonyl (C=O) groups excluding carboxylic acids is 1. The quantitative estimate of drug-likeness (QED) is 0.769. The maximum Gasteiger partial charge on any atom is 0.310 e. The second-order valence-corrected chi connectivity index (χ2v) is 4.98. The minimum absolute atomic E-state index is 0.0150. The first-order chi connectivity index (χ1) is 8.65. The van der Waals surface area contributed by atoms with Gasteiger partial charge in [-0.3, -0.25) is 9.69 Å². The van der Waals surface area contributed by atoms with Gasteiger partial charge < -0.3 is 4.74 Å². The number of hydrogen-bond donors (Lipinski definition) is 0. The van der Waals surface area contributed by atoms with Gasteiger partial charge in [0.15, 0.2) is 0 Å². The van der Waals surface area contributed by atoms with Gasteiger partial charge in [0.1, 0.15) is 0 Å². The van der Waals surface area contributed by atoms with Crippen molar-refractivity contribution in [3.05, 3.63) is 35.9 Å². The Morgan fingerprint density at radius 2 is 2.06 bits per heavy atom. The lowest BCUT2D eigenvalue weighted by atomic mass is 10.0. The first-order valence-electron chi connectivity index (χ1n) is 6.53. The van der Waals surface area contributed by atoms with Crippen LogP contribution in [0.4, 0.5) is 0 Å². The normalized spacial score (nSPS) is 25.9. The number of ether oxygens (including phenoxy) is 1. The van der Waals surface area contributed by atoms with Crippen LogP contribution in [0.1, 0.15) is 31.9 Å². The molecule has 0 radical (unpaired) electrons. The summed E-state index contributed by atoms with van der Waals surface area (Å²) in [5, 5.41) is 0. The van der Waals surface area contributed by atoms with Crippen molar-refractivity contribution < 1.29 is 9.53 Å². The number of rotatable bonds is 3. The van der Waals surface area contributed by atoms with Crippen LogP contribution in [0.15, 0.2) is 30.3 Å². The predicted molar refractivity (Wildman–Crippen MR) is 71.1 cm³/mol. The maximum absolute atomic E-state index is 11.7. The SMILES string of the molecule is COC(=O)[C@H]1CCN([C@H](C)c2ccccc2)[C@@H]1C. The zero-order chi connectivity index (χ0) is 13.1. The summed E-state index contributed by atoms with van der Waals surface area (Å²) in [5.74, 6) is -0.0635. The smallest absolute Gasteiger partial charge is 0.310 e. The molecular formula is C15H21NO2. The minimum atomic E-state index is -0.0785. The Hall–Kier alpha value is -1.35. The van der Waals surface area contributed by atoms with Crippen molar-refractivity contribution in [3.63, 3.8) is 0 Å². The molecule has 0 N–H and O–H groups in total. The molecule has 0 saturated carbocycles. The van der Waals surface area contributed by atoms with Crippen LogP contribution < -0.4 is 0 Å². The van der Waals surface area contributed by atoms with Crippen molar-refractivity contribution in [1.82, 2.24) is 4.90 Å². The highest BCUT2D eigenvalue weighted by Gasteiger charge is 2.38. The summed E-state index contributed by atoms with van der Waals surface area (Å²) in [7, 11) is 1.47. The molecular weight excluding hydrogens is 226 g/mol. The Morgan fingerprint density at radius 1 is 1.39 bits per heavy atom. The molecule has 2 rings (SSSR count). The third-order valence-electron chi connectivity index (χ3n) is 4.09. The first kappa shape index (κ1) is 13.1. The number of carbonyl (C=O) groups is 1. The molecule has 1 aromatic rings. The monoisotopic (exact) mass is 247 g/mol. The van der Waals surface area contributed by atoms with E-state index in [-0.39, 0.29) is 17.9 Å². The van der Waals surface area contributed by atoms with E-state index in [0.717, 1.165) is 13.0 Å². The molecule has 0 aliphatic carbocycles. The van der Waals surface area contributed by atoms with Crippen molar-refractivity contribution in [1.29, 1.82) is 0 Å². The lowest BCUT2D eigenvalue weighted by Gasteiger charge is -2.30. The molecule has 1 aliphatic rings. The molecule has 3 atom stereocenters. The molecule has 0 bridgehead atoms. The van der Waals surface area contributed by atoms with Gasteiger partial charge >= 0.3 is 5.97 Å². The van der Waals surface area contributed by atoms with Gasteiger partial charge in [-0.05, 0) is 32.4 Å². The van der Waals surface area contributed by atoms with E-state index < -0.39 is 0 Å². The van der Waals surface area contributed by atoms with E-state index in [4.69, 9.17) is 4.74 Å². The van der Waals surface area contributed by atoms with Gasteiger partial charge in [0, 0.05) is 12.1 Å². The van der Waals surface area contributed by atoms with Gasteiger partial charge in [0.25, 0.3) is 0 Å². The molecule has 1 saturated heterocycles. The summed E-state index contributed by atoms with van der Waals surface area (Å²) in [6, 6.07) is 11.0. The van der Waals surface area contributed by atoms with Crippen LogP contribution >= 0.6 is 0 Å². The van der Waals surface area contributed by atoms with Gasteiger partial charge in [-0.2, -0.15) is 0 Å². The molecule has 1 aromatic carbocycles. The number of benzene rings is 1. The van der Waals surface area contributed by atoms with E-state index in [1.54, 1.807) is 0 Å². The molecule has 0 spiro atoms. The maximum atomic E-state index is 11.7. The summed E-state index contributed by atoms with van der Waals surface area (Å²) in [6.45, 7) is 5.27. The third-order valence-corrected chi connectivity index (χ3v) is 4.09. The summed E-state index contributed by atoms with van der Waals surface area (Å²) < 4.78 is 4.87. The summed E-state index contributed by atoms with van der Waals surface area (Å²) in [5.41, 5.74) is 1.30. The van der Waals surface area contributed by atoms with Crippen LogP contribution in [0.2, 0.25) is 0 Å². The molecule has 0 aromatic heterocycles. The number of methoxy groups -OCH3 is 1. The summed E-state index contributed by atoms with van der Waals surface area (Å²) in [4.78, 5) is 14.1. The van der Waals surface area contributed by atoms with Gasteiger partial charge in [0.2, 0.25) is 0 Å². The van der Waals surface area contributed by atoms with Crippen LogP contribution in [0, 0.1) is 5.92 Å². The topological polar surface area (TPSA) is 29.5 Å². The van der Waals surface area contributed by atoms with Crippen LogP contribution in [-0.2, 0) is 9.53 Å². The number of esters is 1. The molecule has 1 aliphatic heterocycles. The first-order valence-corrected chi connectivity index (χ1v) is 6.53. The van der Waals surface area contributed by atoms with Crippen LogP contribution in [0.25, 0.3) is 0 Å². The Kier molecular flexibility index (Phi) is 4.02.